The van der Waals surface area contributed by atoms with Crippen LogP contribution in [-0.4, -0.2) is 5.43 Å². The van der Waals surface area contributed by atoms with Crippen molar-refractivity contribution >= 4 is 11.5 Å². The molecule has 43 heavy (non-hydrogen) atoms. The minimum Gasteiger partial charge on any atom is -1.00 e. The molecule has 0 saturated heterocycles. The Morgan fingerprint density at radius 2 is 1.12 bits per heavy atom. The molecule has 0 heterocycles. The summed E-state index contributed by atoms with van der Waals surface area (Å²) in [6.07, 6.45) is 2.56. The molecule has 0 bridgehead atoms. The first kappa shape index (κ1) is 34.2. The molecule has 0 radical (unpaired) electrons. The number of hydrogen-bond acceptors (Lipinski definition) is 0. The Bertz CT molecular complexity index is 1670. The topological polar surface area (TPSA) is 0 Å². The third kappa shape index (κ3) is 6.12. The second-order valence-electron chi connectivity index (χ2n) is 14.5. The molecule has 0 aromatic heterocycles. The fourth-order valence-corrected chi connectivity index (χ4v) is 27.4. The zero-order valence-corrected chi connectivity index (χ0v) is 32.0. The van der Waals surface area contributed by atoms with Gasteiger partial charge in [-0.3, -0.25) is 0 Å². The summed E-state index contributed by atoms with van der Waals surface area (Å²) in [5.41, 5.74) is 16.4. The van der Waals surface area contributed by atoms with Crippen LogP contribution in [-0.2, 0) is 31.2 Å². The maximum Gasteiger partial charge on any atom is -1.00 e. The molecule has 4 heteroatoms. The van der Waals surface area contributed by atoms with Crippen LogP contribution in [0.5, 0.6) is 0 Å². The Balaban J connectivity index is 0.00000212. The van der Waals surface area contributed by atoms with Crippen molar-refractivity contribution in [1.29, 1.82) is 0 Å². The van der Waals surface area contributed by atoms with Gasteiger partial charge < -0.3 is 24.8 Å². The molecule has 0 saturated carbocycles. The van der Waals surface area contributed by atoms with E-state index in [1.54, 1.807) is 22.3 Å². The number of hydrogen-bond donors (Lipinski definition) is 0. The molecule has 0 spiro atoms. The van der Waals surface area contributed by atoms with Gasteiger partial charge >= 0.3 is 258 Å². The first-order valence-electron chi connectivity index (χ1n) is 15.2. The third-order valence-electron chi connectivity index (χ3n) is 9.31. The maximum atomic E-state index is 2.64. The van der Waals surface area contributed by atoms with Crippen LogP contribution in [0.15, 0.2) is 90.5 Å². The molecule has 0 fully saturated rings. The van der Waals surface area contributed by atoms with Gasteiger partial charge in [-0.1, -0.05) is 0 Å². The quantitative estimate of drug-likeness (QED) is 0.263. The van der Waals surface area contributed by atoms with Crippen LogP contribution in [0.4, 0.5) is 0 Å². The predicted molar refractivity (Wildman–Crippen MR) is 177 cm³/mol. The third-order valence-corrected chi connectivity index (χ3v) is 28.9. The van der Waals surface area contributed by atoms with Gasteiger partial charge in [-0.15, -0.1) is 0 Å². The van der Waals surface area contributed by atoms with Crippen molar-refractivity contribution < 1.29 is 45.2 Å². The molecular formula is C39H44Cl2SiZr. The summed E-state index contributed by atoms with van der Waals surface area (Å²) in [6.45, 7) is 21.9. The van der Waals surface area contributed by atoms with Crippen LogP contribution in [0.2, 0.25) is 13.1 Å². The second kappa shape index (κ2) is 12.6. The molecule has 1 unspecified atom stereocenters. The van der Waals surface area contributed by atoms with E-state index in [-0.39, 0.29) is 35.6 Å². The van der Waals surface area contributed by atoms with Gasteiger partial charge in [0, 0.05) is 0 Å². The van der Waals surface area contributed by atoms with Gasteiger partial charge in [0.05, 0.1) is 0 Å². The molecule has 222 valence electrons. The van der Waals surface area contributed by atoms with E-state index in [4.69, 9.17) is 0 Å². The predicted octanol–water partition coefficient (Wildman–Crippen LogP) is 5.05. The van der Waals surface area contributed by atoms with Crippen LogP contribution in [0.1, 0.15) is 89.1 Å². The average Bonchev–Trinajstić information content (AvgIpc) is 3.42. The normalized spacial score (nSPS) is 15.3. The van der Waals surface area contributed by atoms with Gasteiger partial charge in [0.15, 0.2) is 0 Å². The van der Waals surface area contributed by atoms with E-state index < -0.39 is 25.8 Å². The summed E-state index contributed by atoms with van der Waals surface area (Å²) in [5.74, 6) is 0. The van der Waals surface area contributed by atoms with Crippen molar-refractivity contribution in [2.24, 2.45) is 0 Å². The summed E-state index contributed by atoms with van der Waals surface area (Å²) in [5, 5.41) is 0. The van der Waals surface area contributed by atoms with Gasteiger partial charge in [0.25, 0.3) is 0 Å². The molecule has 0 nitrogen and oxygen atoms in total. The van der Waals surface area contributed by atoms with Crippen LogP contribution in [0, 0.1) is 0 Å². The van der Waals surface area contributed by atoms with E-state index in [1.165, 1.54) is 38.9 Å². The fraction of sp³-hybridized carbons (Fsp3) is 0.333. The second-order valence-corrected chi connectivity index (χ2v) is 32.4. The zero-order chi connectivity index (χ0) is 29.3. The van der Waals surface area contributed by atoms with Crippen LogP contribution < -0.4 is 24.8 Å². The molecule has 4 aromatic rings. The molecule has 6 rings (SSSR count). The summed E-state index contributed by atoms with van der Waals surface area (Å²) in [7, 11) is 0. The standard InChI is InChI=1S/C21H25.C16H13.C2H6Si.2ClH.Zr/c1-20(2,3)16-7-9-18-14(12-16)11-15-13-17(21(4,5)6)8-10-19(15)18;1-12-10-14-8-5-9-15(16(14)11-12)13-6-3-2-4-7-13;1-3-2;;;/h7-13H,1-6H3;2-11H,1H3;1-2H3;2*1H;/q;;;;;+2/p-2. The van der Waals surface area contributed by atoms with E-state index in [1.807, 2.05) is 0 Å². The van der Waals surface area contributed by atoms with Crippen molar-refractivity contribution in [1.82, 2.24) is 0 Å². The van der Waals surface area contributed by atoms with Gasteiger partial charge in [0.1, 0.15) is 0 Å². The minimum absolute atomic E-state index is 0. The Labute approximate surface area is 280 Å². The average molecular weight is 703 g/mol. The Kier molecular flexibility index (Phi) is 10.0. The zero-order valence-electron chi connectivity index (χ0n) is 27.1. The smallest absolute Gasteiger partial charge is 1.00 e. The van der Waals surface area contributed by atoms with E-state index in [0.29, 0.717) is 7.25 Å². The SMILES string of the molecule is CC1=Cc2c(-c3ccccc3)cccc2[CH]1[Zr+2]([CH]1c2cc(C(C)(C)C)ccc2-c2ccc(C(C)(C)C)cc21)=[Si](C)C.[Cl-].[Cl-]. The Hall–Kier alpha value is -1.70. The molecule has 0 aliphatic heterocycles. The van der Waals surface area contributed by atoms with E-state index in [9.17, 15) is 0 Å². The first-order chi connectivity index (χ1) is 19.4. The van der Waals surface area contributed by atoms with Crippen molar-refractivity contribution in [3.05, 3.63) is 124 Å². The van der Waals surface area contributed by atoms with E-state index in [0.717, 1.165) is 0 Å². The van der Waals surface area contributed by atoms with Crippen molar-refractivity contribution in [2.45, 2.75) is 79.6 Å². The Morgan fingerprint density at radius 1 is 0.581 bits per heavy atom. The molecule has 1 atom stereocenters. The first-order valence-corrected chi connectivity index (χ1v) is 24.2. The number of allylic oxidation sites excluding steroid dienone is 1. The molecule has 2 aliphatic carbocycles. The summed E-state index contributed by atoms with van der Waals surface area (Å²) < 4.78 is 1.22. The minimum atomic E-state index is -2.23. The van der Waals surface area contributed by atoms with E-state index >= 15 is 0 Å². The van der Waals surface area contributed by atoms with Crippen molar-refractivity contribution in [3.63, 3.8) is 0 Å². The molecule has 2 aliphatic rings. The number of fused-ring (bicyclic) bond motifs is 4. The van der Waals surface area contributed by atoms with Gasteiger partial charge in [-0.2, -0.15) is 0 Å². The van der Waals surface area contributed by atoms with E-state index in [2.05, 4.69) is 153 Å². The maximum absolute atomic E-state index is 2.64. The molecule has 0 amide bonds. The monoisotopic (exact) mass is 700 g/mol. The molecular weight excluding hydrogens is 659 g/mol. The summed E-state index contributed by atoms with van der Waals surface area (Å²) in [6, 6.07) is 33.1. The molecule has 0 N–H and O–H groups in total. The van der Waals surface area contributed by atoms with Gasteiger partial charge in [-0.05, 0) is 0 Å². The van der Waals surface area contributed by atoms with Crippen LogP contribution in [0.25, 0.3) is 28.3 Å². The van der Waals surface area contributed by atoms with Crippen molar-refractivity contribution in [2.75, 3.05) is 0 Å². The largest absolute Gasteiger partial charge is 1.00 e. The van der Waals surface area contributed by atoms with Crippen molar-refractivity contribution in [3.8, 4) is 22.3 Å². The van der Waals surface area contributed by atoms with Gasteiger partial charge in [-0.25, -0.2) is 0 Å². The number of benzene rings is 4. The number of halogens is 2. The van der Waals surface area contributed by atoms with Gasteiger partial charge in [0.2, 0.25) is 0 Å². The summed E-state index contributed by atoms with van der Waals surface area (Å²) >= 11 is -2.23. The van der Waals surface area contributed by atoms with Crippen LogP contribution in [0.3, 0.4) is 0 Å². The Morgan fingerprint density at radius 3 is 1.60 bits per heavy atom. The fourth-order valence-electron chi connectivity index (χ4n) is 7.11. The molecule has 4 aromatic carbocycles. The number of rotatable bonds is 3. The van der Waals surface area contributed by atoms with Crippen LogP contribution >= 0.6 is 0 Å². The summed E-state index contributed by atoms with van der Waals surface area (Å²) in [4.78, 5) is 0.